The van der Waals surface area contributed by atoms with Crippen LogP contribution in [-0.2, 0) is 0 Å². The van der Waals surface area contributed by atoms with Crippen LogP contribution in [0.2, 0.25) is 0 Å². The van der Waals surface area contributed by atoms with E-state index in [1.54, 1.807) is 37.1 Å². The maximum Gasteiger partial charge on any atom is 0.255 e. The van der Waals surface area contributed by atoms with Crippen LogP contribution in [0.25, 0.3) is 16.9 Å². The van der Waals surface area contributed by atoms with Crippen molar-refractivity contribution in [1.29, 1.82) is 0 Å². The van der Waals surface area contributed by atoms with Gasteiger partial charge in [0.1, 0.15) is 12.1 Å². The molecule has 0 aliphatic carbocycles. The first-order valence-corrected chi connectivity index (χ1v) is 10.5. The number of fused-ring (bicyclic) bond motifs is 1. The molecule has 5 aromatic rings. The molecule has 3 heterocycles. The minimum absolute atomic E-state index is 0.0625. The maximum atomic E-state index is 12.4. The Morgan fingerprint density at radius 1 is 0.939 bits per heavy atom. The number of nitrogens with zero attached hydrogens (tertiary/aromatic N) is 5. The van der Waals surface area contributed by atoms with Gasteiger partial charge in [-0.05, 0) is 48.9 Å². The zero-order valence-electron chi connectivity index (χ0n) is 17.9. The number of nitrogens with one attached hydrogen (secondary N) is 2. The van der Waals surface area contributed by atoms with Crippen LogP contribution in [0, 0.1) is 0 Å². The van der Waals surface area contributed by atoms with E-state index in [2.05, 4.69) is 49.6 Å². The molecule has 0 saturated heterocycles. The Labute approximate surface area is 190 Å². The molecule has 0 spiro atoms. The smallest absolute Gasteiger partial charge is 0.255 e. The number of pyridine rings is 1. The number of aromatic nitrogens is 5. The molecule has 33 heavy (non-hydrogen) atoms. The van der Waals surface area contributed by atoms with Gasteiger partial charge in [0.15, 0.2) is 0 Å². The Kier molecular flexibility index (Phi) is 5.47. The van der Waals surface area contributed by atoms with E-state index in [4.69, 9.17) is 0 Å². The number of rotatable bonds is 6. The second kappa shape index (κ2) is 8.88. The van der Waals surface area contributed by atoms with Gasteiger partial charge in [-0.2, -0.15) is 4.98 Å². The van der Waals surface area contributed by atoms with Crippen molar-refractivity contribution in [3.8, 4) is 5.82 Å². The lowest BCUT2D eigenvalue weighted by atomic mass is 10.1. The number of amides is 1. The second-order valence-electron chi connectivity index (χ2n) is 7.52. The van der Waals surface area contributed by atoms with Crippen molar-refractivity contribution in [3.63, 3.8) is 0 Å². The normalized spacial score (nSPS) is 11.8. The minimum atomic E-state index is -0.199. The summed E-state index contributed by atoms with van der Waals surface area (Å²) in [5.74, 6) is 1.03. The molecule has 5 rings (SSSR count). The Morgan fingerprint density at radius 2 is 1.76 bits per heavy atom. The van der Waals surface area contributed by atoms with Crippen molar-refractivity contribution >= 4 is 28.6 Å². The third-order valence-corrected chi connectivity index (χ3v) is 5.28. The second-order valence-corrected chi connectivity index (χ2v) is 7.52. The van der Waals surface area contributed by atoms with E-state index in [0.717, 1.165) is 16.6 Å². The summed E-state index contributed by atoms with van der Waals surface area (Å²) in [7, 11) is 0. The van der Waals surface area contributed by atoms with Gasteiger partial charge in [0.2, 0.25) is 5.95 Å². The van der Waals surface area contributed by atoms with Crippen molar-refractivity contribution < 1.29 is 4.79 Å². The number of anilines is 2. The summed E-state index contributed by atoms with van der Waals surface area (Å²) in [6.07, 6.45) is 6.61. The van der Waals surface area contributed by atoms with Crippen LogP contribution in [0.1, 0.15) is 28.9 Å². The molecule has 8 heteroatoms. The van der Waals surface area contributed by atoms with Gasteiger partial charge in [-0.15, -0.1) is 0 Å². The quantitative estimate of drug-likeness (QED) is 0.403. The van der Waals surface area contributed by atoms with E-state index >= 15 is 0 Å². The highest BCUT2D eigenvalue weighted by molar-refractivity contribution is 6.04. The molecule has 2 N–H and O–H groups in total. The summed E-state index contributed by atoms with van der Waals surface area (Å²) in [6, 6.07) is 21.0. The van der Waals surface area contributed by atoms with Crippen molar-refractivity contribution in [2.75, 3.05) is 10.6 Å². The van der Waals surface area contributed by atoms with Crippen molar-refractivity contribution in [2.24, 2.45) is 0 Å². The van der Waals surface area contributed by atoms with E-state index in [1.165, 1.54) is 0 Å². The summed E-state index contributed by atoms with van der Waals surface area (Å²) in [6.45, 7) is 2.07. The first-order valence-electron chi connectivity index (χ1n) is 10.5. The van der Waals surface area contributed by atoms with Crippen LogP contribution in [0.5, 0.6) is 0 Å². The summed E-state index contributed by atoms with van der Waals surface area (Å²) >= 11 is 0. The van der Waals surface area contributed by atoms with Crippen LogP contribution in [0.3, 0.4) is 0 Å². The molecule has 1 atom stereocenters. The molecule has 0 aliphatic rings. The molecule has 0 saturated carbocycles. The zero-order valence-corrected chi connectivity index (χ0v) is 17.9. The van der Waals surface area contributed by atoms with Gasteiger partial charge in [-0.1, -0.05) is 30.3 Å². The van der Waals surface area contributed by atoms with Crippen molar-refractivity contribution in [1.82, 2.24) is 24.5 Å². The molecule has 162 valence electrons. The molecule has 0 fully saturated rings. The molecule has 2 aromatic carbocycles. The highest BCUT2D eigenvalue weighted by Crippen LogP contribution is 2.22. The largest absolute Gasteiger partial charge is 0.348 e. The van der Waals surface area contributed by atoms with Crippen LogP contribution in [0.15, 0.2) is 91.6 Å². The Morgan fingerprint density at radius 3 is 2.58 bits per heavy atom. The number of hydrogen-bond acceptors (Lipinski definition) is 6. The molecular weight excluding hydrogens is 414 g/mol. The van der Waals surface area contributed by atoms with Gasteiger partial charge in [-0.25, -0.2) is 9.97 Å². The predicted molar refractivity (Wildman–Crippen MR) is 127 cm³/mol. The van der Waals surface area contributed by atoms with Crippen LogP contribution in [-0.4, -0.2) is 30.4 Å². The molecule has 8 nitrogen and oxygen atoms in total. The van der Waals surface area contributed by atoms with Gasteiger partial charge >= 0.3 is 0 Å². The van der Waals surface area contributed by atoms with E-state index in [-0.39, 0.29) is 11.9 Å². The molecule has 0 radical (unpaired) electrons. The fraction of sp³-hybridized carbons (Fsp3) is 0.0800. The van der Waals surface area contributed by atoms with Crippen molar-refractivity contribution in [2.45, 2.75) is 13.0 Å². The average Bonchev–Trinajstić information content (AvgIpc) is 3.28. The number of carbonyl (C=O) groups excluding carboxylic acids is 1. The molecular formula is C25H21N7O. The van der Waals surface area contributed by atoms with Crippen molar-refractivity contribution in [3.05, 3.63) is 103 Å². The lowest BCUT2D eigenvalue weighted by Crippen LogP contribution is -2.11. The topological polar surface area (TPSA) is 97.6 Å². The lowest BCUT2D eigenvalue weighted by Gasteiger charge is -2.14. The molecule has 3 aromatic heterocycles. The van der Waals surface area contributed by atoms with Gasteiger partial charge in [0.25, 0.3) is 5.91 Å². The first kappa shape index (κ1) is 20.3. The molecule has 0 bridgehead atoms. The number of hydrogen-bond donors (Lipinski definition) is 2. The van der Waals surface area contributed by atoms with Gasteiger partial charge < -0.3 is 10.6 Å². The van der Waals surface area contributed by atoms with Crippen LogP contribution < -0.4 is 10.6 Å². The lowest BCUT2D eigenvalue weighted by molar-refractivity contribution is 0.102. The zero-order chi connectivity index (χ0) is 22.6. The Hall–Kier alpha value is -4.59. The van der Waals surface area contributed by atoms with Gasteiger partial charge in [-0.3, -0.25) is 14.3 Å². The number of imidazole rings is 1. The third kappa shape index (κ3) is 4.40. The van der Waals surface area contributed by atoms with E-state index in [1.807, 2.05) is 47.0 Å². The number of benzene rings is 2. The highest BCUT2D eigenvalue weighted by Gasteiger charge is 2.11. The SMILES string of the molecule is C[C@H](Nc1nccc(-n2cnc3cc(NC(=O)c4ccncc4)ccc32)n1)c1ccccc1. The van der Waals surface area contributed by atoms with E-state index in [9.17, 15) is 4.79 Å². The minimum Gasteiger partial charge on any atom is -0.348 e. The molecule has 0 aliphatic heterocycles. The van der Waals surface area contributed by atoms with E-state index in [0.29, 0.717) is 23.0 Å². The van der Waals surface area contributed by atoms with Gasteiger partial charge in [0, 0.05) is 29.8 Å². The standard InChI is InChI=1S/C25H21N7O/c1-17(18-5-3-2-4-6-18)29-25-27-14-11-23(31-25)32-16-28-21-15-20(7-8-22(21)32)30-24(33)19-9-12-26-13-10-19/h2-17H,1H3,(H,30,33)(H,27,29,31)/t17-/m0/s1. The predicted octanol–water partition coefficient (Wildman–Crippen LogP) is 4.64. The molecule has 1 amide bonds. The monoisotopic (exact) mass is 435 g/mol. The maximum absolute atomic E-state index is 12.4. The summed E-state index contributed by atoms with van der Waals surface area (Å²) in [4.78, 5) is 29.9. The fourth-order valence-corrected chi connectivity index (χ4v) is 3.55. The summed E-state index contributed by atoms with van der Waals surface area (Å²) in [5, 5.41) is 6.24. The Bertz CT molecular complexity index is 1400. The average molecular weight is 435 g/mol. The van der Waals surface area contributed by atoms with Crippen LogP contribution >= 0.6 is 0 Å². The molecule has 0 unspecified atom stereocenters. The first-order chi connectivity index (χ1) is 16.2. The fourth-order valence-electron chi connectivity index (χ4n) is 3.55. The number of carbonyl (C=O) groups is 1. The highest BCUT2D eigenvalue weighted by atomic mass is 16.1. The summed E-state index contributed by atoms with van der Waals surface area (Å²) < 4.78 is 1.89. The third-order valence-electron chi connectivity index (χ3n) is 5.28. The summed E-state index contributed by atoms with van der Waals surface area (Å²) in [5.41, 5.74) is 3.98. The Balaban J connectivity index is 1.37. The van der Waals surface area contributed by atoms with Gasteiger partial charge in [0.05, 0.1) is 17.1 Å². The van der Waals surface area contributed by atoms with Crippen LogP contribution in [0.4, 0.5) is 11.6 Å². The van der Waals surface area contributed by atoms with E-state index < -0.39 is 0 Å².